The zero-order chi connectivity index (χ0) is 41.9. The summed E-state index contributed by atoms with van der Waals surface area (Å²) in [6, 6.07) is 46.0. The molecule has 0 aliphatic heterocycles. The van der Waals surface area contributed by atoms with Gasteiger partial charge in [0.2, 0.25) is 0 Å². The Labute approximate surface area is 375 Å². The van der Waals surface area contributed by atoms with Gasteiger partial charge in [-0.05, 0) is 144 Å². The van der Waals surface area contributed by atoms with E-state index < -0.39 is 0 Å². The monoisotopic (exact) mass is 920 g/mol. The van der Waals surface area contributed by atoms with Gasteiger partial charge in [-0.1, -0.05) is 160 Å². The van der Waals surface area contributed by atoms with Crippen LogP contribution in [0.2, 0.25) is 0 Å². The van der Waals surface area contributed by atoms with Crippen LogP contribution in [0.1, 0.15) is 104 Å². The summed E-state index contributed by atoms with van der Waals surface area (Å²) in [6.07, 6.45) is 12.7. The summed E-state index contributed by atoms with van der Waals surface area (Å²) in [5, 5.41) is 5.17. The van der Waals surface area contributed by atoms with Gasteiger partial charge >= 0.3 is 0 Å². The molecule has 310 valence electrons. The van der Waals surface area contributed by atoms with Crippen LogP contribution in [-0.4, -0.2) is 9.13 Å². The fraction of sp³-hybridized carbons (Fsp3) is 0.357. The lowest BCUT2D eigenvalue weighted by molar-refractivity contribution is 0.437. The minimum Gasteiger partial charge on any atom is -0.309 e. The van der Waals surface area contributed by atoms with Crippen molar-refractivity contribution in [3.05, 3.63) is 141 Å². The maximum atomic E-state index is 3.76. The average molecular weight is 923 g/mol. The standard InChI is InChI=1S/C56H62Br2N2/c1-37(2)9-7-11-39(5)13-15-41-17-29-49-51-35-45(57)23-31-53(51)59(55(49)33-41)47-25-19-43(20-26-47)44-21-27-48(28-22-44)60-54-32-24-46(58)36-52(54)50-30-18-42(34-56(50)60)16-14-40(6)12-8-10-38(3)4/h17-40H,7-16H2,1-6H3. The number of benzene rings is 6. The predicted octanol–water partition coefficient (Wildman–Crippen LogP) is 17.9. The van der Waals surface area contributed by atoms with Gasteiger partial charge < -0.3 is 9.13 Å². The van der Waals surface area contributed by atoms with Crippen LogP contribution in [0.4, 0.5) is 0 Å². The highest BCUT2D eigenvalue weighted by atomic mass is 79.9. The Hall–Kier alpha value is -4.12. The summed E-state index contributed by atoms with van der Waals surface area (Å²) in [5.74, 6) is 3.07. The van der Waals surface area contributed by atoms with E-state index in [9.17, 15) is 0 Å². The number of hydrogen-bond acceptors (Lipinski definition) is 0. The van der Waals surface area contributed by atoms with E-state index in [1.807, 2.05) is 0 Å². The topological polar surface area (TPSA) is 9.86 Å². The summed E-state index contributed by atoms with van der Waals surface area (Å²) in [4.78, 5) is 0. The molecule has 0 N–H and O–H groups in total. The summed E-state index contributed by atoms with van der Waals surface area (Å²) in [5.41, 5.74) is 12.7. The van der Waals surface area contributed by atoms with Crippen LogP contribution in [-0.2, 0) is 12.8 Å². The van der Waals surface area contributed by atoms with Gasteiger partial charge in [0, 0.05) is 41.9 Å². The molecular formula is C56H62Br2N2. The zero-order valence-corrected chi connectivity index (χ0v) is 39.7. The van der Waals surface area contributed by atoms with Crippen LogP contribution in [0, 0.1) is 23.7 Å². The molecule has 4 heteroatoms. The molecule has 0 aliphatic rings. The van der Waals surface area contributed by atoms with E-state index in [4.69, 9.17) is 0 Å². The van der Waals surface area contributed by atoms with Crippen LogP contribution >= 0.6 is 31.9 Å². The highest BCUT2D eigenvalue weighted by Gasteiger charge is 2.17. The maximum Gasteiger partial charge on any atom is 0.0543 e. The molecule has 2 heterocycles. The molecule has 2 aromatic heterocycles. The molecule has 2 nitrogen and oxygen atoms in total. The molecule has 0 amide bonds. The van der Waals surface area contributed by atoms with Gasteiger partial charge in [0.15, 0.2) is 0 Å². The molecule has 0 spiro atoms. The van der Waals surface area contributed by atoms with Crippen molar-refractivity contribution in [2.45, 2.75) is 106 Å². The van der Waals surface area contributed by atoms with Gasteiger partial charge in [-0.25, -0.2) is 0 Å². The van der Waals surface area contributed by atoms with E-state index in [1.54, 1.807) is 0 Å². The first-order valence-corrected chi connectivity index (χ1v) is 24.3. The Morgan fingerprint density at radius 3 is 1.17 bits per heavy atom. The number of nitrogens with zero attached hydrogens (tertiary/aromatic N) is 2. The van der Waals surface area contributed by atoms with Gasteiger partial charge in [-0.3, -0.25) is 0 Å². The minimum atomic E-state index is 0.744. The summed E-state index contributed by atoms with van der Waals surface area (Å²) >= 11 is 7.52. The molecule has 0 saturated heterocycles. The van der Waals surface area contributed by atoms with E-state index in [0.717, 1.165) is 45.5 Å². The number of halogens is 2. The quantitative estimate of drug-likeness (QED) is 0.0861. The van der Waals surface area contributed by atoms with Crippen molar-refractivity contribution >= 4 is 75.5 Å². The average Bonchev–Trinajstić information content (AvgIpc) is 3.73. The third-order valence-corrected chi connectivity index (χ3v) is 14.0. The van der Waals surface area contributed by atoms with Crippen LogP contribution in [0.15, 0.2) is 130 Å². The first-order valence-electron chi connectivity index (χ1n) is 22.7. The lowest BCUT2D eigenvalue weighted by atomic mass is 9.94. The highest BCUT2D eigenvalue weighted by molar-refractivity contribution is 9.10. The lowest BCUT2D eigenvalue weighted by Crippen LogP contribution is -2.00. The van der Waals surface area contributed by atoms with Crippen molar-refractivity contribution in [2.24, 2.45) is 23.7 Å². The van der Waals surface area contributed by atoms with Crippen LogP contribution in [0.3, 0.4) is 0 Å². The third-order valence-electron chi connectivity index (χ3n) is 13.0. The largest absolute Gasteiger partial charge is 0.309 e. The Morgan fingerprint density at radius 2 is 0.783 bits per heavy atom. The van der Waals surface area contributed by atoms with Gasteiger partial charge in [-0.2, -0.15) is 0 Å². The molecule has 0 saturated carbocycles. The van der Waals surface area contributed by atoms with Gasteiger partial charge in [-0.15, -0.1) is 0 Å². The predicted molar refractivity (Wildman–Crippen MR) is 268 cm³/mol. The Bertz CT molecular complexity index is 2520. The normalized spacial score (nSPS) is 13.2. The van der Waals surface area contributed by atoms with Gasteiger partial charge in [0.1, 0.15) is 0 Å². The first-order chi connectivity index (χ1) is 29.0. The molecule has 60 heavy (non-hydrogen) atoms. The molecule has 8 aromatic rings. The van der Waals surface area contributed by atoms with Crippen molar-refractivity contribution in [2.75, 3.05) is 0 Å². The molecule has 0 bridgehead atoms. The second-order valence-corrected chi connectivity index (χ2v) is 20.6. The number of rotatable bonds is 17. The molecule has 0 fully saturated rings. The van der Waals surface area contributed by atoms with Crippen molar-refractivity contribution in [3.63, 3.8) is 0 Å². The van der Waals surface area contributed by atoms with Crippen LogP contribution in [0.5, 0.6) is 0 Å². The molecule has 2 atom stereocenters. The number of aromatic nitrogens is 2. The van der Waals surface area contributed by atoms with Crippen molar-refractivity contribution in [1.29, 1.82) is 0 Å². The molecular weight excluding hydrogens is 860 g/mol. The third kappa shape index (κ3) is 9.51. The smallest absolute Gasteiger partial charge is 0.0543 e. The Balaban J connectivity index is 1.06. The fourth-order valence-electron chi connectivity index (χ4n) is 9.41. The van der Waals surface area contributed by atoms with Crippen molar-refractivity contribution < 1.29 is 0 Å². The van der Waals surface area contributed by atoms with Crippen molar-refractivity contribution in [1.82, 2.24) is 9.13 Å². The molecule has 0 aliphatic carbocycles. The summed E-state index contributed by atoms with van der Waals surface area (Å²) < 4.78 is 7.14. The second-order valence-electron chi connectivity index (χ2n) is 18.7. The van der Waals surface area contributed by atoms with Crippen LogP contribution < -0.4 is 0 Å². The van der Waals surface area contributed by atoms with E-state index in [-0.39, 0.29) is 0 Å². The molecule has 2 unspecified atom stereocenters. The Morgan fingerprint density at radius 1 is 0.383 bits per heavy atom. The van der Waals surface area contributed by atoms with Crippen molar-refractivity contribution in [3.8, 4) is 22.5 Å². The van der Waals surface area contributed by atoms with Crippen LogP contribution in [0.25, 0.3) is 66.1 Å². The summed E-state index contributed by atoms with van der Waals surface area (Å²) in [6.45, 7) is 14.2. The lowest BCUT2D eigenvalue weighted by Gasteiger charge is -2.13. The summed E-state index contributed by atoms with van der Waals surface area (Å²) in [7, 11) is 0. The van der Waals surface area contributed by atoms with Gasteiger partial charge in [0.25, 0.3) is 0 Å². The Kier molecular flexibility index (Phi) is 13.4. The van der Waals surface area contributed by atoms with Gasteiger partial charge in [0.05, 0.1) is 22.1 Å². The minimum absolute atomic E-state index is 0.744. The SMILES string of the molecule is CC(C)CCCC(C)CCc1ccc2c3cc(Br)ccc3n(-c3ccc(-c4ccc(-n5c6ccc(Br)cc6c6ccc(CCC(C)CCCC(C)C)cc65)cc4)cc3)c2c1. The van der Waals surface area contributed by atoms with E-state index >= 15 is 0 Å². The molecule has 8 rings (SSSR count). The number of fused-ring (bicyclic) bond motifs is 6. The first kappa shape index (κ1) is 42.6. The van der Waals surface area contributed by atoms with E-state index in [2.05, 4.69) is 204 Å². The van der Waals surface area contributed by atoms with E-state index in [0.29, 0.717) is 0 Å². The number of hydrogen-bond donors (Lipinski definition) is 0. The maximum absolute atomic E-state index is 3.76. The highest BCUT2D eigenvalue weighted by Crippen LogP contribution is 2.38. The molecule has 6 aromatic carbocycles. The second kappa shape index (κ2) is 18.9. The number of aryl methyl sites for hydroxylation is 2. The van der Waals surface area contributed by atoms with E-state index in [1.165, 1.54) is 129 Å². The fourth-order valence-corrected chi connectivity index (χ4v) is 10.1. The molecule has 0 radical (unpaired) electrons. The zero-order valence-electron chi connectivity index (χ0n) is 36.6.